The highest BCUT2D eigenvalue weighted by molar-refractivity contribution is 7.80. The normalized spacial score (nSPS) is 10.4. The number of aryl methyl sites for hydroxylation is 2. The minimum absolute atomic E-state index is 0.0127. The maximum Gasteiger partial charge on any atom is 0.269 e. The predicted octanol–water partition coefficient (Wildman–Crippen LogP) is 2.25. The molecule has 1 heterocycles. The summed E-state index contributed by atoms with van der Waals surface area (Å²) in [4.78, 5) is 23.6. The van der Waals surface area contributed by atoms with Gasteiger partial charge < -0.3 is 4.42 Å². The Morgan fingerprint density at radius 2 is 1.92 bits per heavy atom. The van der Waals surface area contributed by atoms with Crippen LogP contribution in [0.2, 0.25) is 0 Å². The summed E-state index contributed by atoms with van der Waals surface area (Å²) < 4.78 is 5.30. The number of hydrazine groups is 1. The molecule has 6 nitrogen and oxygen atoms in total. The van der Waals surface area contributed by atoms with E-state index in [9.17, 15) is 9.59 Å². The molecule has 2 rings (SSSR count). The first-order valence-corrected chi connectivity index (χ1v) is 7.57. The van der Waals surface area contributed by atoms with Gasteiger partial charge in [0.15, 0.2) is 5.11 Å². The Morgan fingerprint density at radius 3 is 2.58 bits per heavy atom. The van der Waals surface area contributed by atoms with Gasteiger partial charge in [-0.25, -0.2) is 0 Å². The van der Waals surface area contributed by atoms with Gasteiger partial charge in [0.2, 0.25) is 5.91 Å². The number of furan rings is 1. The molecule has 0 fully saturated rings. The molecule has 0 spiro atoms. The standard InChI is InChI=1S/C17H17N3O3S/c1-11-4-3-5-13(10-11)16(22)19-20-17(24)18-15(21)9-8-14-7-6-12(2)23-14/h3-10H,1-2H3,(H,19,22)(H2,18,20,21,24)/b9-8+. The Kier molecular flexibility index (Phi) is 5.86. The van der Waals surface area contributed by atoms with Crippen LogP contribution < -0.4 is 16.2 Å². The van der Waals surface area contributed by atoms with Crippen molar-refractivity contribution in [2.75, 3.05) is 0 Å². The Morgan fingerprint density at radius 1 is 1.12 bits per heavy atom. The third-order valence-corrected chi connectivity index (χ3v) is 3.17. The highest BCUT2D eigenvalue weighted by Gasteiger charge is 2.06. The van der Waals surface area contributed by atoms with Gasteiger partial charge in [-0.2, -0.15) is 0 Å². The summed E-state index contributed by atoms with van der Waals surface area (Å²) in [5.74, 6) is 0.531. The van der Waals surface area contributed by atoms with Crippen LogP contribution in [0.5, 0.6) is 0 Å². The van der Waals surface area contributed by atoms with Crippen LogP contribution in [-0.4, -0.2) is 16.9 Å². The SMILES string of the molecule is Cc1cccc(C(=O)NNC(=S)NC(=O)/C=C/c2ccc(C)o2)c1. The van der Waals surface area contributed by atoms with Crippen LogP contribution in [-0.2, 0) is 4.79 Å². The summed E-state index contributed by atoms with van der Waals surface area (Å²) >= 11 is 4.94. The van der Waals surface area contributed by atoms with Crippen molar-refractivity contribution in [1.29, 1.82) is 0 Å². The van der Waals surface area contributed by atoms with Crippen molar-refractivity contribution in [3.63, 3.8) is 0 Å². The van der Waals surface area contributed by atoms with Gasteiger partial charge in [0.25, 0.3) is 5.91 Å². The van der Waals surface area contributed by atoms with Gasteiger partial charge in [0.1, 0.15) is 11.5 Å². The number of rotatable bonds is 3. The number of benzene rings is 1. The fourth-order valence-electron chi connectivity index (χ4n) is 1.86. The molecule has 7 heteroatoms. The molecule has 0 unspecified atom stereocenters. The van der Waals surface area contributed by atoms with Crippen molar-refractivity contribution in [2.24, 2.45) is 0 Å². The summed E-state index contributed by atoms with van der Waals surface area (Å²) in [7, 11) is 0. The highest BCUT2D eigenvalue weighted by atomic mass is 32.1. The quantitative estimate of drug-likeness (QED) is 0.452. The van der Waals surface area contributed by atoms with E-state index in [0.717, 1.165) is 11.3 Å². The molecule has 2 aromatic rings. The summed E-state index contributed by atoms with van der Waals surface area (Å²) in [6, 6.07) is 10.6. The molecular formula is C17H17N3O3S. The van der Waals surface area contributed by atoms with Gasteiger partial charge in [-0.15, -0.1) is 0 Å². The summed E-state index contributed by atoms with van der Waals surface area (Å²) in [5.41, 5.74) is 6.36. The highest BCUT2D eigenvalue weighted by Crippen LogP contribution is 2.07. The van der Waals surface area contributed by atoms with E-state index in [0.29, 0.717) is 11.3 Å². The first kappa shape index (κ1) is 17.4. The second-order valence-electron chi connectivity index (χ2n) is 5.05. The average Bonchev–Trinajstić information content (AvgIpc) is 2.96. The number of thiocarbonyl (C=S) groups is 1. The summed E-state index contributed by atoms with van der Waals surface area (Å²) in [6.45, 7) is 3.70. The van der Waals surface area contributed by atoms with Gasteiger partial charge in [-0.1, -0.05) is 17.7 Å². The van der Waals surface area contributed by atoms with Crippen molar-refractivity contribution in [3.05, 3.63) is 65.1 Å². The number of hydrogen-bond donors (Lipinski definition) is 3. The van der Waals surface area contributed by atoms with Crippen LogP contribution in [0.4, 0.5) is 0 Å². The number of nitrogens with one attached hydrogen (secondary N) is 3. The van der Waals surface area contributed by atoms with E-state index in [-0.39, 0.29) is 11.0 Å². The molecule has 0 saturated heterocycles. The van der Waals surface area contributed by atoms with E-state index in [2.05, 4.69) is 16.2 Å². The fraction of sp³-hybridized carbons (Fsp3) is 0.118. The molecule has 1 aromatic carbocycles. The van der Waals surface area contributed by atoms with E-state index in [1.54, 1.807) is 30.3 Å². The van der Waals surface area contributed by atoms with Gasteiger partial charge in [0.05, 0.1) is 0 Å². The Hall–Kier alpha value is -2.93. The van der Waals surface area contributed by atoms with Crippen molar-refractivity contribution < 1.29 is 14.0 Å². The third kappa shape index (κ3) is 5.36. The van der Waals surface area contributed by atoms with E-state index in [1.165, 1.54) is 12.2 Å². The van der Waals surface area contributed by atoms with Crippen molar-refractivity contribution in [1.82, 2.24) is 16.2 Å². The van der Waals surface area contributed by atoms with Crippen molar-refractivity contribution in [2.45, 2.75) is 13.8 Å². The lowest BCUT2D eigenvalue weighted by molar-refractivity contribution is -0.115. The van der Waals surface area contributed by atoms with Crippen LogP contribution in [0.1, 0.15) is 27.4 Å². The lowest BCUT2D eigenvalue weighted by Crippen LogP contribution is -2.48. The van der Waals surface area contributed by atoms with E-state index >= 15 is 0 Å². The van der Waals surface area contributed by atoms with Crippen LogP contribution in [0.15, 0.2) is 46.9 Å². The molecule has 0 aliphatic heterocycles. The van der Waals surface area contributed by atoms with E-state index in [4.69, 9.17) is 16.6 Å². The molecule has 3 N–H and O–H groups in total. The number of carbonyl (C=O) groups is 2. The number of carbonyl (C=O) groups excluding carboxylic acids is 2. The van der Waals surface area contributed by atoms with E-state index < -0.39 is 5.91 Å². The first-order chi connectivity index (χ1) is 11.4. The van der Waals surface area contributed by atoms with Gasteiger partial charge >= 0.3 is 0 Å². The Bertz CT molecular complexity index is 796. The molecule has 1 aromatic heterocycles. The molecule has 0 aliphatic rings. The number of amides is 2. The first-order valence-electron chi connectivity index (χ1n) is 7.16. The minimum Gasteiger partial charge on any atom is -0.462 e. The zero-order valence-corrected chi connectivity index (χ0v) is 14.1. The molecule has 0 saturated carbocycles. The van der Waals surface area contributed by atoms with E-state index in [1.807, 2.05) is 19.9 Å². The van der Waals surface area contributed by atoms with Crippen molar-refractivity contribution in [3.8, 4) is 0 Å². The zero-order chi connectivity index (χ0) is 17.5. The van der Waals surface area contributed by atoms with Gasteiger partial charge in [-0.05, 0) is 56.4 Å². The lowest BCUT2D eigenvalue weighted by atomic mass is 10.1. The summed E-state index contributed by atoms with van der Waals surface area (Å²) in [6.07, 6.45) is 2.81. The monoisotopic (exact) mass is 343 g/mol. The largest absolute Gasteiger partial charge is 0.462 e. The lowest BCUT2D eigenvalue weighted by Gasteiger charge is -2.09. The van der Waals surface area contributed by atoms with Crippen LogP contribution >= 0.6 is 12.2 Å². The molecular weight excluding hydrogens is 326 g/mol. The smallest absolute Gasteiger partial charge is 0.269 e. The van der Waals surface area contributed by atoms with Crippen molar-refractivity contribution >= 4 is 35.2 Å². The molecule has 124 valence electrons. The molecule has 0 bridgehead atoms. The van der Waals surface area contributed by atoms with Crippen LogP contribution in [0.3, 0.4) is 0 Å². The maximum atomic E-state index is 11.9. The second kappa shape index (κ2) is 8.07. The predicted molar refractivity (Wildman–Crippen MR) is 95.0 cm³/mol. The molecule has 24 heavy (non-hydrogen) atoms. The van der Waals surface area contributed by atoms with Crippen LogP contribution in [0, 0.1) is 13.8 Å². The Balaban J connectivity index is 1.79. The van der Waals surface area contributed by atoms with Gasteiger partial charge in [-0.3, -0.25) is 25.8 Å². The average molecular weight is 343 g/mol. The molecule has 0 aliphatic carbocycles. The zero-order valence-electron chi connectivity index (χ0n) is 13.3. The molecule has 2 amide bonds. The minimum atomic E-state index is -0.439. The fourth-order valence-corrected chi connectivity index (χ4v) is 2.01. The summed E-state index contributed by atoms with van der Waals surface area (Å²) in [5, 5.41) is 2.40. The third-order valence-electron chi connectivity index (χ3n) is 2.97. The van der Waals surface area contributed by atoms with Gasteiger partial charge in [0, 0.05) is 11.6 Å². The molecule has 0 radical (unpaired) electrons. The molecule has 0 atom stereocenters. The maximum absolute atomic E-state index is 11.9. The number of hydrogen-bond acceptors (Lipinski definition) is 4. The topological polar surface area (TPSA) is 83.4 Å². The second-order valence-corrected chi connectivity index (χ2v) is 5.46. The van der Waals surface area contributed by atoms with Crippen LogP contribution in [0.25, 0.3) is 6.08 Å². The Labute approximate surface area is 144 Å².